The van der Waals surface area contributed by atoms with Gasteiger partial charge in [0.1, 0.15) is 12.6 Å². The molecule has 0 aliphatic carbocycles. The number of phosphoric ester groups is 1. The molecular weight excluding hydrogens is 684 g/mol. The van der Waals surface area contributed by atoms with Gasteiger partial charge in [-0.1, -0.05) is 167 Å². The van der Waals surface area contributed by atoms with Crippen LogP contribution in [0.3, 0.4) is 0 Å². The van der Waals surface area contributed by atoms with Crippen LogP contribution in [0.4, 0.5) is 0 Å². The van der Waals surface area contributed by atoms with Crippen molar-refractivity contribution in [2.24, 2.45) is 5.73 Å². The molecule has 51 heavy (non-hydrogen) atoms. The van der Waals surface area contributed by atoms with Gasteiger partial charge in [0.25, 0.3) is 7.82 Å². The first-order valence-electron chi connectivity index (χ1n) is 43.4. The van der Waals surface area contributed by atoms with Gasteiger partial charge in [-0.2, -0.15) is 0 Å². The maximum absolute atomic E-state index is 13.9. The molecule has 0 aromatic carbocycles. The summed E-state index contributed by atoms with van der Waals surface area (Å²) in [5, 5.41) is 9.03. The molecule has 13 heteroatoms. The predicted molar refractivity (Wildman–Crippen MR) is 197 cm³/mol. The van der Waals surface area contributed by atoms with Crippen LogP contribution in [-0.4, -0.2) is 55.0 Å². The van der Waals surface area contributed by atoms with E-state index in [2.05, 4.69) is 18.5 Å². The molecule has 0 saturated carbocycles. The largest absolute Gasteiger partial charge is 1.00 e. The SMILES string of the molecule is [2H]C([2H])([2H])C([2H])([2H])C([2H])([2H])C([2H])([2H])C([2H])([2H])C([2H])([2H])C([2H])([2H])C([2H])([2H])C([2H])([2H])C([2H])([2H])C([2H])([2H])C([2H])([2H])C([2H])([2H])C([2H])([2H])C([2H])([2H])C(=O)OC[C@H](COP(=O)([O-])OC[C@H](N)C(=O)O)OC(=O)C([2H])([2H])C([2H])([2H])C([2H])([2H])C([2H])([2H])C([2H])([2H])C([2H])([2H])C([2H])([2H])C([2H])([2H])C([2H])([2H])C([2H])([2H])C([2H])([2H])C([2H])([2H])C([2H])([2H])C([2H])([2H])C([2H])([2H])[2H].[Na+]. The van der Waals surface area contributed by atoms with Crippen molar-refractivity contribution in [3.8, 4) is 0 Å². The number of phosphoric acid groups is 1. The van der Waals surface area contributed by atoms with Crippen molar-refractivity contribution in [2.45, 2.75) is 204 Å². The second-order valence-electron chi connectivity index (χ2n) is 7.11. The Labute approximate surface area is 419 Å². The summed E-state index contributed by atoms with van der Waals surface area (Å²) in [6, 6.07) is -2.31. The zero-order chi connectivity index (χ0) is 92.3. The second-order valence-corrected chi connectivity index (χ2v) is 8.52. The van der Waals surface area contributed by atoms with Crippen LogP contribution in [0.1, 0.15) is 277 Å². The Kier molecular flexibility index (Phi) is 7.50. The van der Waals surface area contributed by atoms with Crippen molar-refractivity contribution in [1.29, 1.82) is 0 Å². The molecule has 0 fully saturated rings. The van der Waals surface area contributed by atoms with Crippen molar-refractivity contribution in [3.63, 3.8) is 0 Å². The fourth-order valence-corrected chi connectivity index (χ4v) is 2.57. The van der Waals surface area contributed by atoms with Crippen LogP contribution in [0.25, 0.3) is 0 Å². The van der Waals surface area contributed by atoms with E-state index in [1.165, 1.54) is 0 Å². The molecule has 0 aliphatic rings. The maximum atomic E-state index is 13.9. The monoisotopic (exact) mass is 820 g/mol. The molecular formula is C38H73NNaO10P. The van der Waals surface area contributed by atoms with E-state index in [0.717, 1.165) is 0 Å². The van der Waals surface area contributed by atoms with Gasteiger partial charge in [0.2, 0.25) is 0 Å². The molecule has 1 unspecified atom stereocenters. The minimum atomic E-state index is -6.29. The Morgan fingerprint density at radius 2 is 0.980 bits per heavy atom. The first kappa shape index (κ1) is 10.1. The van der Waals surface area contributed by atoms with Gasteiger partial charge in [-0.05, 0) is 12.7 Å². The summed E-state index contributed by atoms with van der Waals surface area (Å²) in [5.74, 6) is -8.40. The number of carbonyl (C=O) groups excluding carboxylic acids is 2. The summed E-state index contributed by atoms with van der Waals surface area (Å²) >= 11 is 0. The molecule has 0 aliphatic heterocycles. The molecule has 296 valence electrons. The van der Waals surface area contributed by atoms with Gasteiger partial charge in [-0.15, -0.1) is 0 Å². The molecule has 0 aromatic heterocycles. The average molecular weight is 820 g/mol. The molecule has 0 bridgehead atoms. The zero-order valence-corrected chi connectivity index (χ0v) is 28.8. The molecule has 0 saturated heterocycles. The molecule has 0 radical (unpaired) electrons. The van der Waals surface area contributed by atoms with Crippen LogP contribution in [-0.2, 0) is 37.5 Å². The third-order valence-electron chi connectivity index (χ3n) is 3.65. The Morgan fingerprint density at radius 1 is 0.627 bits per heavy atom. The predicted octanol–water partition coefficient (Wildman–Crippen LogP) is 6.32. The smallest absolute Gasteiger partial charge is 0.756 e. The minimum Gasteiger partial charge on any atom is -0.756 e. The van der Waals surface area contributed by atoms with Crippen molar-refractivity contribution in [2.75, 3.05) is 19.8 Å². The summed E-state index contributed by atoms with van der Waals surface area (Å²) in [4.78, 5) is 51.5. The third kappa shape index (κ3) is 37.6. The molecule has 0 rings (SSSR count). The molecule has 11 nitrogen and oxygen atoms in total. The van der Waals surface area contributed by atoms with E-state index in [1.54, 1.807) is 0 Å². The average Bonchev–Trinajstić information content (AvgIpc) is 0.681. The Bertz CT molecular complexity index is 3460. The standard InChI is InChI=1S/C38H74NO10P.Na/c1-3-5-7-9-11-13-15-17-19-21-23-25-27-29-36(40)46-31-34(32-47-50(44,45)48-33-35(39)38(42)43)49-37(41)30-28-26-24-22-20-18-16-14-12-10-8-6-4-2;/h34-35H,3-33,39H2,1-2H3,(H,42,43)(H,44,45);/q;+1/p-1/t34-,35+;/m1./s1/i1D3,2D3,3D2,4D2,5D2,6D2,7D2,8D2,9D2,10D2,11D2,12D2,13D2,14D2,15D2,16D2,17D2,18D2,19D2,20D2,21D2,22D2,23D2,24D2,25D2,26D2,27D2,28D2,29D2,30D2;. The first-order chi connectivity index (χ1) is 47.5. The van der Waals surface area contributed by atoms with E-state index >= 15 is 0 Å². The second kappa shape index (κ2) is 37.8. The van der Waals surface area contributed by atoms with Gasteiger partial charge in [0, 0.05) is 97.7 Å². The molecule has 0 aromatic rings. The molecule has 0 amide bonds. The van der Waals surface area contributed by atoms with Crippen molar-refractivity contribution in [1.82, 2.24) is 0 Å². The first-order valence-corrected chi connectivity index (χ1v) is 13.9. The van der Waals surface area contributed by atoms with Crippen LogP contribution in [0.15, 0.2) is 0 Å². The van der Waals surface area contributed by atoms with E-state index in [9.17, 15) is 23.8 Å². The normalized spacial score (nSPS) is 40.0. The zero-order valence-electron chi connectivity index (χ0n) is 87.9. The number of ether oxygens (including phenoxy) is 2. The van der Waals surface area contributed by atoms with E-state index in [-0.39, 0.29) is 29.6 Å². The van der Waals surface area contributed by atoms with Crippen molar-refractivity contribution >= 4 is 25.7 Å². The number of carbonyl (C=O) groups is 3. The number of carboxylic acids is 1. The van der Waals surface area contributed by atoms with E-state index < -0.39 is 250 Å². The van der Waals surface area contributed by atoms with Gasteiger partial charge in [0.05, 0.1) is 13.2 Å². The van der Waals surface area contributed by atoms with Crippen LogP contribution in [0.2, 0.25) is 0 Å². The van der Waals surface area contributed by atoms with E-state index in [4.69, 9.17) is 95.8 Å². The number of aliphatic carboxylic acids is 1. The minimum absolute atomic E-state index is 0. The summed E-state index contributed by atoms with van der Waals surface area (Å²) in [6.45, 7) is -14.9. The van der Waals surface area contributed by atoms with Gasteiger partial charge in [0.15, 0.2) is 6.10 Å². The van der Waals surface area contributed by atoms with E-state index in [1.807, 2.05) is 0 Å². The Hall–Kier alpha value is -0.520. The molecule has 0 spiro atoms. The summed E-state index contributed by atoms with van der Waals surface area (Å²) in [6.07, 6.45) is -152. The summed E-state index contributed by atoms with van der Waals surface area (Å²) in [7, 11) is -6.29. The Morgan fingerprint density at radius 3 is 1.37 bits per heavy atom. The quantitative estimate of drug-likeness (QED) is 0.0405. The molecule has 3 N–H and O–H groups in total. The summed E-state index contributed by atoms with van der Waals surface area (Å²) < 4.78 is 538. The number of carboxylic acid groups (broad SMARTS) is 1. The topological polar surface area (TPSA) is 175 Å². The van der Waals surface area contributed by atoms with Crippen LogP contribution >= 0.6 is 7.82 Å². The van der Waals surface area contributed by atoms with Crippen LogP contribution < -0.4 is 40.2 Å². The van der Waals surface area contributed by atoms with E-state index in [0.29, 0.717) is 0 Å². The molecule has 0 heterocycles. The van der Waals surface area contributed by atoms with Crippen LogP contribution in [0.5, 0.6) is 0 Å². The third-order valence-corrected chi connectivity index (χ3v) is 4.58. The number of esters is 2. The fourth-order valence-electron chi connectivity index (χ4n) is 1.81. The fraction of sp³-hybridized carbons (Fsp3) is 0.921. The van der Waals surface area contributed by atoms with Crippen LogP contribution in [0, 0.1) is 0 Å². The van der Waals surface area contributed by atoms with Gasteiger partial charge >= 0.3 is 47.5 Å². The number of rotatable bonds is 38. The summed E-state index contributed by atoms with van der Waals surface area (Å²) in [5.41, 5.74) is 5.13. The van der Waals surface area contributed by atoms with Crippen molar-refractivity contribution in [3.05, 3.63) is 0 Å². The van der Waals surface area contributed by atoms with Gasteiger partial charge in [-0.3, -0.25) is 18.9 Å². The van der Waals surface area contributed by atoms with Gasteiger partial charge in [-0.25, -0.2) is 0 Å². The Balaban J connectivity index is 0. The number of nitrogens with two attached hydrogens (primary N) is 1. The number of hydrogen-bond acceptors (Lipinski definition) is 10. The van der Waals surface area contributed by atoms with Gasteiger partial charge < -0.3 is 34.3 Å². The maximum Gasteiger partial charge on any atom is 1.00 e. The van der Waals surface area contributed by atoms with Crippen molar-refractivity contribution < 1.29 is 162 Å². The number of hydrogen-bond donors (Lipinski definition) is 2. The molecule has 3 atom stereocenters.